The van der Waals surface area contributed by atoms with E-state index in [2.05, 4.69) is 0 Å². The zero-order chi connectivity index (χ0) is 24.2. The van der Waals surface area contributed by atoms with Gasteiger partial charge in [-0.3, -0.25) is 19.3 Å². The van der Waals surface area contributed by atoms with Crippen LogP contribution in [0.2, 0.25) is 0 Å². The van der Waals surface area contributed by atoms with Crippen molar-refractivity contribution in [1.29, 1.82) is 0 Å². The molecule has 1 saturated carbocycles. The molecule has 2 heterocycles. The predicted octanol–water partition coefficient (Wildman–Crippen LogP) is 4.26. The number of ketones is 1. The number of aromatic nitrogens is 1. The van der Waals surface area contributed by atoms with Gasteiger partial charge in [-0.15, -0.1) is 0 Å². The van der Waals surface area contributed by atoms with Gasteiger partial charge in [-0.2, -0.15) is 0 Å². The molecule has 2 fully saturated rings. The van der Waals surface area contributed by atoms with Crippen LogP contribution in [0, 0.1) is 11.7 Å². The second-order valence-corrected chi connectivity index (χ2v) is 10.3. The van der Waals surface area contributed by atoms with E-state index in [4.69, 9.17) is 4.74 Å². The summed E-state index contributed by atoms with van der Waals surface area (Å²) in [7, 11) is 1.35. The van der Waals surface area contributed by atoms with Gasteiger partial charge in [0.05, 0.1) is 13.2 Å². The number of hydrogen-bond donors (Lipinski definition) is 0. The molecule has 0 N–H and O–H groups in total. The van der Waals surface area contributed by atoms with Gasteiger partial charge in [-0.05, 0) is 42.5 Å². The fraction of sp³-hybridized carbons (Fsp3) is 0.423. The third-order valence-corrected chi connectivity index (χ3v) is 7.42. The molecule has 1 aliphatic carbocycles. The fourth-order valence-corrected chi connectivity index (χ4v) is 5.38. The lowest BCUT2D eigenvalue weighted by Crippen LogP contribution is -2.43. The van der Waals surface area contributed by atoms with Crippen LogP contribution >= 0.6 is 11.8 Å². The first-order valence-electron chi connectivity index (χ1n) is 11.5. The number of hydrogen-bond acceptors (Lipinski definition) is 6. The van der Waals surface area contributed by atoms with Crippen molar-refractivity contribution >= 4 is 34.7 Å². The van der Waals surface area contributed by atoms with E-state index >= 15 is 0 Å². The van der Waals surface area contributed by atoms with Gasteiger partial charge in [0.2, 0.25) is 0 Å². The maximum atomic E-state index is 14.8. The Balaban J connectivity index is 1.63. The summed E-state index contributed by atoms with van der Waals surface area (Å²) in [5.41, 5.74) is 2.32. The van der Waals surface area contributed by atoms with Crippen molar-refractivity contribution < 1.29 is 23.5 Å². The second kappa shape index (κ2) is 10.7. The average molecular weight is 485 g/mol. The Kier molecular flexibility index (Phi) is 7.68. The number of carbonyl (C=O) groups is 3. The Morgan fingerprint density at radius 1 is 1.21 bits per heavy atom. The van der Waals surface area contributed by atoms with Crippen molar-refractivity contribution in [2.75, 3.05) is 20.2 Å². The third-order valence-electron chi connectivity index (χ3n) is 6.26. The van der Waals surface area contributed by atoms with Gasteiger partial charge in [0.1, 0.15) is 12.4 Å². The molecule has 1 aliphatic heterocycles. The smallest absolute Gasteiger partial charge is 0.325 e. The summed E-state index contributed by atoms with van der Waals surface area (Å²) >= 11 is 1.29. The van der Waals surface area contributed by atoms with E-state index < -0.39 is 6.04 Å². The van der Waals surface area contributed by atoms with E-state index in [9.17, 15) is 18.8 Å². The Morgan fingerprint density at radius 2 is 1.97 bits per heavy atom. The first kappa shape index (κ1) is 24.4. The first-order chi connectivity index (χ1) is 16.4. The van der Waals surface area contributed by atoms with Gasteiger partial charge in [-0.1, -0.05) is 36.0 Å². The topological polar surface area (TPSA) is 68.6 Å². The molecule has 1 aromatic heterocycles. The number of rotatable bonds is 8. The molecule has 0 spiro atoms. The molecule has 1 saturated heterocycles. The van der Waals surface area contributed by atoms with E-state index in [1.54, 1.807) is 35.9 Å². The number of Topliss-reactive ketones (excluding diaryl/α,β-unsaturated/α-hetero) is 1. The molecule has 2 unspecified atom stereocenters. The van der Waals surface area contributed by atoms with Crippen molar-refractivity contribution in [1.82, 2.24) is 9.47 Å². The SMILES string of the molecule is COC(=O)Cn1ccc(C=C2CN(C(C(=O)C3CC3)c3ccccc3F)CCC2SC(C)=O)c1. The van der Waals surface area contributed by atoms with Crippen LogP contribution in [0.5, 0.6) is 0 Å². The van der Waals surface area contributed by atoms with Crippen LogP contribution in [-0.2, 0) is 25.7 Å². The fourth-order valence-electron chi connectivity index (χ4n) is 4.47. The van der Waals surface area contributed by atoms with Gasteiger partial charge in [-0.25, -0.2) is 4.39 Å². The van der Waals surface area contributed by atoms with E-state index in [-0.39, 0.29) is 40.4 Å². The van der Waals surface area contributed by atoms with Crippen LogP contribution in [0.4, 0.5) is 4.39 Å². The Bertz CT molecular complexity index is 1110. The molecule has 4 rings (SSSR count). The van der Waals surface area contributed by atoms with Crippen LogP contribution in [0.15, 0.2) is 48.3 Å². The highest BCUT2D eigenvalue weighted by atomic mass is 32.2. The average Bonchev–Trinajstić information content (AvgIpc) is 3.57. The quantitative estimate of drug-likeness (QED) is 0.522. The van der Waals surface area contributed by atoms with Crippen LogP contribution in [0.1, 0.15) is 43.4 Å². The van der Waals surface area contributed by atoms with Crippen molar-refractivity contribution in [2.45, 2.75) is 44.0 Å². The lowest BCUT2D eigenvalue weighted by atomic mass is 9.93. The van der Waals surface area contributed by atoms with E-state index in [0.717, 1.165) is 24.0 Å². The van der Waals surface area contributed by atoms with Gasteiger partial charge in [0.15, 0.2) is 10.9 Å². The number of nitrogens with zero attached hydrogens (tertiary/aromatic N) is 2. The van der Waals surface area contributed by atoms with Gasteiger partial charge in [0, 0.05) is 49.1 Å². The number of likely N-dealkylation sites (tertiary alicyclic amines) is 1. The number of ether oxygens (including phenoxy) is 1. The Hall–Kier alpha value is -2.71. The molecule has 0 bridgehead atoms. The number of benzene rings is 1. The van der Waals surface area contributed by atoms with Crippen LogP contribution in [0.3, 0.4) is 0 Å². The minimum Gasteiger partial charge on any atom is -0.468 e. The number of methoxy groups -OCH3 is 1. The van der Waals surface area contributed by atoms with Crippen LogP contribution in [0.25, 0.3) is 6.08 Å². The summed E-state index contributed by atoms with van der Waals surface area (Å²) in [5.74, 6) is -0.637. The predicted molar refractivity (Wildman–Crippen MR) is 130 cm³/mol. The molecule has 34 heavy (non-hydrogen) atoms. The Labute approximate surface area is 203 Å². The molecule has 2 aromatic rings. The van der Waals surface area contributed by atoms with Crippen molar-refractivity contribution in [2.24, 2.45) is 5.92 Å². The summed E-state index contributed by atoms with van der Waals surface area (Å²) in [6, 6.07) is 7.77. The van der Waals surface area contributed by atoms with Crippen LogP contribution in [-0.4, -0.2) is 51.8 Å². The largest absolute Gasteiger partial charge is 0.468 e. The number of esters is 1. The van der Waals surface area contributed by atoms with Crippen molar-refractivity contribution in [3.05, 3.63) is 65.2 Å². The molecule has 6 nitrogen and oxygen atoms in total. The minimum atomic E-state index is -0.635. The van der Waals surface area contributed by atoms with Crippen molar-refractivity contribution in [3.8, 4) is 0 Å². The molecular weight excluding hydrogens is 455 g/mol. The van der Waals surface area contributed by atoms with Crippen LogP contribution < -0.4 is 0 Å². The molecule has 180 valence electrons. The number of piperidine rings is 1. The maximum absolute atomic E-state index is 14.8. The van der Waals surface area contributed by atoms with Crippen molar-refractivity contribution in [3.63, 3.8) is 0 Å². The summed E-state index contributed by atoms with van der Waals surface area (Å²) in [6.07, 6.45) is 8.06. The summed E-state index contributed by atoms with van der Waals surface area (Å²) < 4.78 is 21.3. The number of thioether (sulfide) groups is 1. The molecular formula is C26H29FN2O4S. The lowest BCUT2D eigenvalue weighted by molar-refractivity contribution is -0.141. The normalized spacial score (nSPS) is 20.8. The Morgan fingerprint density at radius 3 is 2.65 bits per heavy atom. The second-order valence-electron chi connectivity index (χ2n) is 8.87. The van der Waals surface area contributed by atoms with Gasteiger partial charge in [0.25, 0.3) is 0 Å². The highest BCUT2D eigenvalue weighted by Crippen LogP contribution is 2.40. The molecule has 1 aromatic carbocycles. The standard InChI is InChI=1S/C26H29FN2O4S/c1-17(30)34-23-10-12-29(15-20(23)13-18-9-11-28(14-18)16-24(31)33-2)25(26(32)19-7-8-19)21-5-3-4-6-22(21)27/h3-6,9,11,13-14,19,23,25H,7-8,10,12,15-16H2,1-2H3. The van der Waals surface area contributed by atoms with E-state index in [0.29, 0.717) is 25.1 Å². The molecule has 8 heteroatoms. The number of carbonyl (C=O) groups excluding carboxylic acids is 3. The molecule has 0 amide bonds. The van der Waals surface area contributed by atoms with Gasteiger partial charge >= 0.3 is 5.97 Å². The zero-order valence-electron chi connectivity index (χ0n) is 19.4. The lowest BCUT2D eigenvalue weighted by Gasteiger charge is -2.38. The first-order valence-corrected chi connectivity index (χ1v) is 12.4. The van der Waals surface area contributed by atoms with E-state index in [1.165, 1.54) is 24.9 Å². The maximum Gasteiger partial charge on any atom is 0.325 e. The summed E-state index contributed by atoms with van der Waals surface area (Å²) in [6.45, 7) is 2.73. The highest BCUT2D eigenvalue weighted by molar-refractivity contribution is 8.14. The molecule has 2 atom stereocenters. The molecule has 0 radical (unpaired) electrons. The third kappa shape index (κ3) is 5.85. The summed E-state index contributed by atoms with van der Waals surface area (Å²) in [4.78, 5) is 38.8. The van der Waals surface area contributed by atoms with E-state index in [1.807, 2.05) is 23.2 Å². The monoisotopic (exact) mass is 484 g/mol. The minimum absolute atomic E-state index is 0.00583. The van der Waals surface area contributed by atoms with Gasteiger partial charge < -0.3 is 9.30 Å². The highest BCUT2D eigenvalue weighted by Gasteiger charge is 2.41. The number of halogens is 1. The molecule has 2 aliphatic rings. The summed E-state index contributed by atoms with van der Waals surface area (Å²) in [5, 5.41) is 0.0160. The zero-order valence-corrected chi connectivity index (χ0v) is 20.2.